The molecule has 0 bridgehead atoms. The summed E-state index contributed by atoms with van der Waals surface area (Å²) in [6.07, 6.45) is 1.54. The fraction of sp³-hybridized carbons (Fsp3) is 0.231. The van der Waals surface area contributed by atoms with Crippen LogP contribution in [0.2, 0.25) is 0 Å². The van der Waals surface area contributed by atoms with E-state index in [4.69, 9.17) is 9.15 Å². The molecule has 2 aromatic heterocycles. The highest BCUT2D eigenvalue weighted by molar-refractivity contribution is 8.00. The lowest BCUT2D eigenvalue weighted by molar-refractivity contribution is -0.129. The average Bonchev–Trinajstić information content (AvgIpc) is 3.39. The Morgan fingerprint density at radius 2 is 1.91 bits per heavy atom. The van der Waals surface area contributed by atoms with Gasteiger partial charge in [-0.15, -0.1) is 0 Å². The molecule has 0 aliphatic rings. The van der Waals surface area contributed by atoms with Crippen LogP contribution < -0.4 is 5.56 Å². The maximum Gasteiger partial charge on any atom is 0.337 e. The molecule has 0 radical (unpaired) electrons. The summed E-state index contributed by atoms with van der Waals surface area (Å²) in [6, 6.07) is 17.9. The lowest BCUT2D eigenvalue weighted by Crippen LogP contribution is -2.33. The number of fused-ring (bicyclic) bond motifs is 1. The largest absolute Gasteiger partial charge is 0.467 e. The standard InChI is InChI=1S/C26H25N3O5S/c1-17(23(30)28(2)15-18-8-5-4-6-9-18)35-26-27-22-14-19(25(32)33-3)11-12-21(22)24(31)29(26)16-20-10-7-13-34-20/h4-14,17H,15-16H2,1-3H3. The number of nitrogens with zero attached hydrogens (tertiary/aromatic N) is 3. The molecule has 0 aliphatic carbocycles. The summed E-state index contributed by atoms with van der Waals surface area (Å²) in [4.78, 5) is 44.8. The quantitative estimate of drug-likeness (QED) is 0.209. The van der Waals surface area contributed by atoms with Gasteiger partial charge in [-0.3, -0.25) is 14.2 Å². The van der Waals surface area contributed by atoms with Gasteiger partial charge in [0, 0.05) is 13.6 Å². The van der Waals surface area contributed by atoms with Crippen molar-refractivity contribution in [3.8, 4) is 0 Å². The highest BCUT2D eigenvalue weighted by Crippen LogP contribution is 2.25. The van der Waals surface area contributed by atoms with Gasteiger partial charge in [0.05, 0.1) is 41.6 Å². The van der Waals surface area contributed by atoms with Crippen molar-refractivity contribution >= 4 is 34.5 Å². The van der Waals surface area contributed by atoms with Crippen LogP contribution >= 0.6 is 11.8 Å². The van der Waals surface area contributed by atoms with Crippen LogP contribution in [0.3, 0.4) is 0 Å². The van der Waals surface area contributed by atoms with Crippen LogP contribution in [-0.4, -0.2) is 45.7 Å². The third-order valence-electron chi connectivity index (χ3n) is 5.50. The monoisotopic (exact) mass is 491 g/mol. The van der Waals surface area contributed by atoms with Crippen molar-refractivity contribution in [1.82, 2.24) is 14.5 Å². The molecule has 180 valence electrons. The van der Waals surface area contributed by atoms with E-state index >= 15 is 0 Å². The van der Waals surface area contributed by atoms with Gasteiger partial charge < -0.3 is 14.1 Å². The van der Waals surface area contributed by atoms with Crippen molar-refractivity contribution in [1.29, 1.82) is 0 Å². The molecule has 0 saturated carbocycles. The predicted molar refractivity (Wildman–Crippen MR) is 133 cm³/mol. The molecule has 35 heavy (non-hydrogen) atoms. The first-order chi connectivity index (χ1) is 16.9. The minimum atomic E-state index is -0.520. The number of aromatic nitrogens is 2. The zero-order valence-corrected chi connectivity index (χ0v) is 20.5. The Balaban J connectivity index is 1.68. The number of hydrogen-bond acceptors (Lipinski definition) is 7. The number of esters is 1. The molecule has 0 aliphatic heterocycles. The van der Waals surface area contributed by atoms with Gasteiger partial charge in [-0.2, -0.15) is 0 Å². The first-order valence-corrected chi connectivity index (χ1v) is 11.9. The Morgan fingerprint density at radius 1 is 1.14 bits per heavy atom. The van der Waals surface area contributed by atoms with Crippen LogP contribution in [0, 0.1) is 0 Å². The average molecular weight is 492 g/mol. The Morgan fingerprint density at radius 3 is 2.60 bits per heavy atom. The van der Waals surface area contributed by atoms with Crippen molar-refractivity contribution in [2.24, 2.45) is 0 Å². The van der Waals surface area contributed by atoms with Crippen LogP contribution in [0.25, 0.3) is 10.9 Å². The number of methoxy groups -OCH3 is 1. The van der Waals surface area contributed by atoms with Crippen molar-refractivity contribution in [3.05, 3.63) is 94.2 Å². The molecule has 0 spiro atoms. The third kappa shape index (κ3) is 5.46. The number of amides is 1. The number of ether oxygens (including phenoxy) is 1. The highest BCUT2D eigenvalue weighted by Gasteiger charge is 2.23. The molecule has 8 nitrogen and oxygen atoms in total. The molecule has 0 N–H and O–H groups in total. The summed E-state index contributed by atoms with van der Waals surface area (Å²) < 4.78 is 11.7. The summed E-state index contributed by atoms with van der Waals surface area (Å²) in [7, 11) is 3.04. The third-order valence-corrected chi connectivity index (χ3v) is 6.58. The van der Waals surface area contributed by atoms with Crippen LogP contribution in [0.5, 0.6) is 0 Å². The number of furan rings is 1. The number of thioether (sulfide) groups is 1. The molecule has 9 heteroatoms. The Bertz CT molecular complexity index is 1400. The zero-order chi connectivity index (χ0) is 24.9. The highest BCUT2D eigenvalue weighted by atomic mass is 32.2. The number of carbonyl (C=O) groups is 2. The Hall–Kier alpha value is -3.85. The topological polar surface area (TPSA) is 94.6 Å². The zero-order valence-electron chi connectivity index (χ0n) is 19.6. The molecule has 0 fully saturated rings. The van der Waals surface area contributed by atoms with Gasteiger partial charge in [-0.1, -0.05) is 42.1 Å². The molecule has 2 aromatic carbocycles. The second-order valence-electron chi connectivity index (χ2n) is 8.03. The van der Waals surface area contributed by atoms with E-state index in [1.54, 1.807) is 37.1 Å². The van der Waals surface area contributed by atoms with Gasteiger partial charge in [-0.25, -0.2) is 9.78 Å². The molecule has 1 atom stereocenters. The summed E-state index contributed by atoms with van der Waals surface area (Å²) >= 11 is 1.19. The second-order valence-corrected chi connectivity index (χ2v) is 9.34. The first kappa shape index (κ1) is 24.3. The molecule has 0 saturated heterocycles. The van der Waals surface area contributed by atoms with Gasteiger partial charge in [-0.05, 0) is 42.8 Å². The number of benzene rings is 2. The lowest BCUT2D eigenvalue weighted by atomic mass is 10.1. The van der Waals surface area contributed by atoms with Gasteiger partial charge in [0.15, 0.2) is 5.16 Å². The van der Waals surface area contributed by atoms with Crippen LogP contribution in [-0.2, 0) is 22.6 Å². The molecular weight excluding hydrogens is 466 g/mol. The predicted octanol–water partition coefficient (Wildman–Crippen LogP) is 3.96. The van der Waals surface area contributed by atoms with Crippen LogP contribution in [0.15, 0.2) is 81.3 Å². The van der Waals surface area contributed by atoms with E-state index < -0.39 is 11.2 Å². The van der Waals surface area contributed by atoms with Crippen molar-refractivity contribution < 1.29 is 18.7 Å². The Labute approximate surface area is 206 Å². The van der Waals surface area contributed by atoms with Gasteiger partial charge in [0.1, 0.15) is 5.76 Å². The SMILES string of the molecule is COC(=O)c1ccc2c(=O)n(Cc3ccco3)c(SC(C)C(=O)N(C)Cc3ccccc3)nc2c1. The summed E-state index contributed by atoms with van der Waals surface area (Å²) in [6.45, 7) is 2.42. The molecule has 1 unspecified atom stereocenters. The van der Waals surface area contributed by atoms with E-state index in [1.165, 1.54) is 41.8 Å². The molecule has 2 heterocycles. The first-order valence-electron chi connectivity index (χ1n) is 11.0. The van der Waals surface area contributed by atoms with E-state index in [0.29, 0.717) is 33.9 Å². The minimum Gasteiger partial charge on any atom is -0.467 e. The van der Waals surface area contributed by atoms with E-state index in [1.807, 2.05) is 30.3 Å². The maximum absolute atomic E-state index is 13.4. The van der Waals surface area contributed by atoms with Gasteiger partial charge >= 0.3 is 5.97 Å². The van der Waals surface area contributed by atoms with Crippen LogP contribution in [0.1, 0.15) is 28.6 Å². The lowest BCUT2D eigenvalue weighted by Gasteiger charge is -2.22. The van der Waals surface area contributed by atoms with Crippen LogP contribution in [0.4, 0.5) is 0 Å². The minimum absolute atomic E-state index is 0.0962. The molecule has 1 amide bonds. The summed E-state index contributed by atoms with van der Waals surface area (Å²) in [5.41, 5.74) is 1.38. The van der Waals surface area contributed by atoms with Gasteiger partial charge in [0.2, 0.25) is 5.91 Å². The van der Waals surface area contributed by atoms with E-state index in [0.717, 1.165) is 5.56 Å². The fourth-order valence-electron chi connectivity index (χ4n) is 3.69. The molecule has 4 aromatic rings. The van der Waals surface area contributed by atoms with Crippen molar-refractivity contribution in [3.63, 3.8) is 0 Å². The second kappa shape index (κ2) is 10.6. The fourth-order valence-corrected chi connectivity index (χ4v) is 4.71. The van der Waals surface area contributed by atoms with E-state index in [-0.39, 0.29) is 18.0 Å². The van der Waals surface area contributed by atoms with E-state index in [2.05, 4.69) is 4.98 Å². The summed E-state index contributed by atoms with van der Waals surface area (Å²) in [5, 5.41) is 0.198. The van der Waals surface area contributed by atoms with E-state index in [9.17, 15) is 14.4 Å². The van der Waals surface area contributed by atoms with Gasteiger partial charge in [0.25, 0.3) is 5.56 Å². The Kier molecular flexibility index (Phi) is 7.36. The van der Waals surface area contributed by atoms with Crippen molar-refractivity contribution in [2.75, 3.05) is 14.2 Å². The van der Waals surface area contributed by atoms with Crippen molar-refractivity contribution in [2.45, 2.75) is 30.4 Å². The summed E-state index contributed by atoms with van der Waals surface area (Å²) in [5.74, 6) is -0.0312. The molecular formula is C26H25N3O5S. The maximum atomic E-state index is 13.4. The normalized spacial score (nSPS) is 11.9. The molecule has 4 rings (SSSR count). The number of rotatable bonds is 8. The number of hydrogen-bond donors (Lipinski definition) is 0. The number of carbonyl (C=O) groups excluding carboxylic acids is 2. The smallest absolute Gasteiger partial charge is 0.337 e.